The molecule has 0 radical (unpaired) electrons. The highest BCUT2D eigenvalue weighted by atomic mass is 15.0. The second-order valence-corrected chi connectivity index (χ2v) is 19.7. The number of nitrogens with two attached hydrogens (primary N) is 2. The Balaban J connectivity index is 1.21. The first-order chi connectivity index (χ1) is 34.6. The van der Waals surface area contributed by atoms with Gasteiger partial charge in [-0.2, -0.15) is 0 Å². The SMILES string of the molecule is C=C/C=C\C(=C/C)c1cccc(-c2ccc3c(c2)c2cc4c5c(c2n3/C(C)=C/C=C\N)C(C)C(C)c2c-5c(cc3c5cc(-c6cccc(-c7ccccc7)c6)ccc5n(C(/C=C\C)=C/N)c23)C(C)C4C)c1. The quantitative estimate of drug-likeness (QED) is 0.134. The molecule has 0 fully saturated rings. The van der Waals surface area contributed by atoms with Crippen molar-refractivity contribution in [1.29, 1.82) is 0 Å². The van der Waals surface area contributed by atoms with Gasteiger partial charge in [-0.15, -0.1) is 0 Å². The zero-order chi connectivity index (χ0) is 49.2. The van der Waals surface area contributed by atoms with Crippen molar-refractivity contribution in [2.45, 2.75) is 72.1 Å². The summed E-state index contributed by atoms with van der Waals surface area (Å²) in [4.78, 5) is 0. The van der Waals surface area contributed by atoms with Crippen LogP contribution < -0.4 is 11.5 Å². The first-order valence-corrected chi connectivity index (χ1v) is 25.2. The smallest absolute Gasteiger partial charge is 0.0613 e. The summed E-state index contributed by atoms with van der Waals surface area (Å²) in [5, 5.41) is 5.07. The van der Waals surface area contributed by atoms with Gasteiger partial charge < -0.3 is 20.6 Å². The fourth-order valence-corrected chi connectivity index (χ4v) is 12.2. The Morgan fingerprint density at radius 2 is 1.07 bits per heavy atom. The largest absolute Gasteiger partial charge is 0.405 e. The van der Waals surface area contributed by atoms with Crippen LogP contribution in [0, 0.1) is 0 Å². The van der Waals surface area contributed by atoms with Gasteiger partial charge in [0.05, 0.1) is 27.8 Å². The maximum atomic E-state index is 6.65. The van der Waals surface area contributed by atoms with Crippen LogP contribution in [0.15, 0.2) is 195 Å². The average molecular weight is 923 g/mol. The number of aromatic nitrogens is 2. The van der Waals surface area contributed by atoms with Crippen molar-refractivity contribution in [1.82, 2.24) is 9.13 Å². The summed E-state index contributed by atoms with van der Waals surface area (Å²) in [5.41, 5.74) is 37.7. The highest BCUT2D eigenvalue weighted by Gasteiger charge is 2.42. The molecule has 0 saturated heterocycles. The number of rotatable bonds is 10. The lowest BCUT2D eigenvalue weighted by Gasteiger charge is -2.42. The molecule has 4 N–H and O–H groups in total. The minimum absolute atomic E-state index is 0.169. The molecule has 0 saturated carbocycles. The van der Waals surface area contributed by atoms with E-state index in [-0.39, 0.29) is 23.7 Å². The number of nitrogens with zero attached hydrogens (tertiary/aromatic N) is 2. The molecule has 0 spiro atoms. The van der Waals surface area contributed by atoms with Gasteiger partial charge in [-0.1, -0.05) is 144 Å². The minimum Gasteiger partial charge on any atom is -0.405 e. The van der Waals surface area contributed by atoms with Crippen molar-refractivity contribution >= 4 is 60.6 Å². The summed E-state index contributed by atoms with van der Waals surface area (Å²) in [6.07, 6.45) is 19.9. The van der Waals surface area contributed by atoms with Crippen molar-refractivity contribution in [3.05, 3.63) is 223 Å². The van der Waals surface area contributed by atoms with Crippen LogP contribution in [-0.4, -0.2) is 9.13 Å². The molecular weight excluding hydrogens is 861 g/mol. The fraction of sp³-hybridized carbons (Fsp3) is 0.164. The lowest BCUT2D eigenvalue weighted by molar-refractivity contribution is 0.585. The highest BCUT2D eigenvalue weighted by Crippen LogP contribution is 2.61. The molecule has 7 aromatic carbocycles. The Bertz CT molecular complexity index is 3840. The summed E-state index contributed by atoms with van der Waals surface area (Å²) in [5.74, 6) is 0.891. The lowest BCUT2D eigenvalue weighted by atomic mass is 9.62. The first kappa shape index (κ1) is 45.4. The number of hydrogen-bond donors (Lipinski definition) is 2. The van der Waals surface area contributed by atoms with Crippen LogP contribution in [0.1, 0.15) is 100.0 Å². The molecule has 2 aromatic heterocycles. The van der Waals surface area contributed by atoms with Gasteiger partial charge in [-0.05, 0) is 195 Å². The maximum absolute atomic E-state index is 6.65. The summed E-state index contributed by atoms with van der Waals surface area (Å²) >= 11 is 0. The van der Waals surface area contributed by atoms with Gasteiger partial charge in [0.15, 0.2) is 0 Å². The van der Waals surface area contributed by atoms with Crippen molar-refractivity contribution in [3.63, 3.8) is 0 Å². The normalized spacial score (nSPS) is 18.3. The molecule has 4 heteroatoms. The van der Waals surface area contributed by atoms with E-state index in [9.17, 15) is 0 Å². The van der Waals surface area contributed by atoms with E-state index in [0.717, 1.165) is 16.9 Å². The van der Waals surface area contributed by atoms with Crippen LogP contribution in [0.2, 0.25) is 0 Å². The van der Waals surface area contributed by atoms with E-state index in [1.807, 2.05) is 18.2 Å². The third kappa shape index (κ3) is 7.10. The van der Waals surface area contributed by atoms with Gasteiger partial charge in [0.2, 0.25) is 0 Å². The van der Waals surface area contributed by atoms with Crippen LogP contribution in [0.3, 0.4) is 0 Å². The van der Waals surface area contributed by atoms with E-state index in [1.54, 1.807) is 12.4 Å². The van der Waals surface area contributed by atoms with E-state index in [1.165, 1.54) is 116 Å². The van der Waals surface area contributed by atoms with Crippen molar-refractivity contribution in [2.75, 3.05) is 0 Å². The summed E-state index contributed by atoms with van der Waals surface area (Å²) in [7, 11) is 0. The van der Waals surface area contributed by atoms with Gasteiger partial charge in [-0.3, -0.25) is 0 Å². The molecule has 350 valence electrons. The van der Waals surface area contributed by atoms with Gasteiger partial charge in [-0.25, -0.2) is 0 Å². The molecule has 71 heavy (non-hydrogen) atoms. The van der Waals surface area contributed by atoms with Crippen LogP contribution in [-0.2, 0) is 0 Å². The number of fused-ring (bicyclic) bond motifs is 8. The molecule has 0 amide bonds. The molecule has 11 rings (SSSR count). The van der Waals surface area contributed by atoms with Crippen molar-refractivity contribution in [3.8, 4) is 44.5 Å². The van der Waals surface area contributed by atoms with Gasteiger partial charge in [0, 0.05) is 33.4 Å². The zero-order valence-corrected chi connectivity index (χ0v) is 42.0. The van der Waals surface area contributed by atoms with Crippen LogP contribution in [0.4, 0.5) is 0 Å². The van der Waals surface area contributed by atoms with Crippen LogP contribution in [0.5, 0.6) is 0 Å². The Morgan fingerprint density at radius 1 is 0.535 bits per heavy atom. The van der Waals surface area contributed by atoms with Crippen LogP contribution >= 0.6 is 0 Å². The lowest BCUT2D eigenvalue weighted by Crippen LogP contribution is -2.24. The second kappa shape index (κ2) is 18.0. The van der Waals surface area contributed by atoms with Crippen LogP contribution in [0.25, 0.3) is 105 Å². The molecular formula is C67H62N4. The Hall–Kier alpha value is -8.08. The predicted molar refractivity (Wildman–Crippen MR) is 307 cm³/mol. The van der Waals surface area contributed by atoms with E-state index < -0.39 is 0 Å². The number of hydrogen-bond acceptors (Lipinski definition) is 2. The van der Waals surface area contributed by atoms with Crippen molar-refractivity contribution in [2.24, 2.45) is 11.5 Å². The van der Waals surface area contributed by atoms with Gasteiger partial charge >= 0.3 is 0 Å². The summed E-state index contributed by atoms with van der Waals surface area (Å²) in [6, 6.07) is 47.7. The standard InChI is InChI=1S/C67H62N4/c1-9-12-21-45(11-3)47-24-16-26-49(33-47)51-28-30-60-56(35-51)58-37-54-41(5)42(6)55-38-59-57-36-52(50-27-17-25-48(34-50)46-22-14-13-15-23-46)29-31-61(57)71(53(39-69)19-10-2)67(59)63-44(8)43(7)62(64(54)65(55)63)66(58)70(60)40(4)20-18-32-68/h9-39,41-44H,1,68-69H2,2-8H3/b19-10-,21-12-,32-18-,40-20+,45-11+,53-39+. The highest BCUT2D eigenvalue weighted by molar-refractivity contribution is 6.18. The van der Waals surface area contributed by atoms with Crippen molar-refractivity contribution < 1.29 is 0 Å². The molecule has 2 aliphatic carbocycles. The maximum Gasteiger partial charge on any atom is 0.0613 e. The van der Waals surface area contributed by atoms with E-state index >= 15 is 0 Å². The fourth-order valence-electron chi connectivity index (χ4n) is 12.2. The topological polar surface area (TPSA) is 61.9 Å². The van der Waals surface area contributed by atoms with E-state index in [2.05, 4.69) is 222 Å². The van der Waals surface area contributed by atoms with Gasteiger partial charge in [0.1, 0.15) is 0 Å². The average Bonchev–Trinajstić information content (AvgIpc) is 3.91. The Kier molecular flexibility index (Phi) is 11.5. The molecule has 4 atom stereocenters. The molecule has 4 nitrogen and oxygen atoms in total. The number of benzene rings is 7. The Labute approximate surface area is 418 Å². The summed E-state index contributed by atoms with van der Waals surface area (Å²) in [6.45, 7) is 20.1. The monoisotopic (exact) mass is 922 g/mol. The molecule has 2 heterocycles. The predicted octanol–water partition coefficient (Wildman–Crippen LogP) is 17.8. The second-order valence-electron chi connectivity index (χ2n) is 19.7. The molecule has 4 unspecified atom stereocenters. The van der Waals surface area contributed by atoms with E-state index in [4.69, 9.17) is 11.5 Å². The number of allylic oxidation sites excluding steroid dienone is 11. The molecule has 9 aromatic rings. The summed E-state index contributed by atoms with van der Waals surface area (Å²) < 4.78 is 4.97. The van der Waals surface area contributed by atoms with E-state index in [0.29, 0.717) is 0 Å². The molecule has 2 aliphatic rings. The van der Waals surface area contributed by atoms with Gasteiger partial charge in [0.25, 0.3) is 0 Å². The minimum atomic E-state index is 0.169. The molecule has 0 aliphatic heterocycles. The molecule has 0 bridgehead atoms. The first-order valence-electron chi connectivity index (χ1n) is 25.2. The third-order valence-corrected chi connectivity index (χ3v) is 16.0. The zero-order valence-electron chi connectivity index (χ0n) is 42.0. The third-order valence-electron chi connectivity index (χ3n) is 16.0. The Morgan fingerprint density at radius 3 is 1.63 bits per heavy atom.